The van der Waals surface area contributed by atoms with E-state index in [1.807, 2.05) is 0 Å². The Morgan fingerprint density at radius 3 is 2.16 bits per heavy atom. The van der Waals surface area contributed by atoms with Crippen LogP contribution < -0.4 is 0 Å². The van der Waals surface area contributed by atoms with Crippen molar-refractivity contribution in [1.82, 2.24) is 4.98 Å². The molecule has 19 heavy (non-hydrogen) atoms. The second-order valence-electron chi connectivity index (χ2n) is 3.74. The first-order valence-corrected chi connectivity index (χ1v) is 5.21. The summed E-state index contributed by atoms with van der Waals surface area (Å²) in [6.45, 7) is 0. The predicted octanol–water partition coefficient (Wildman–Crippen LogP) is 2.28. The highest BCUT2D eigenvalue weighted by Crippen LogP contribution is 2.21. The lowest BCUT2D eigenvalue weighted by Crippen LogP contribution is -2.01. The van der Waals surface area contributed by atoms with Gasteiger partial charge in [0.1, 0.15) is 11.5 Å². The maximum Gasteiger partial charge on any atom is 0.354 e. The fourth-order valence-electron chi connectivity index (χ4n) is 1.56. The topological polar surface area (TPSA) is 87.5 Å². The van der Waals surface area contributed by atoms with Crippen LogP contribution in [-0.2, 0) is 0 Å². The van der Waals surface area contributed by atoms with E-state index in [4.69, 9.17) is 10.2 Å². The minimum absolute atomic E-state index is 0.119. The largest absolute Gasteiger partial charge is 0.478 e. The lowest BCUT2D eigenvalue weighted by molar-refractivity contribution is 0.0680. The highest BCUT2D eigenvalue weighted by atomic mass is 19.1. The first-order chi connectivity index (χ1) is 8.99. The summed E-state index contributed by atoms with van der Waals surface area (Å²) in [7, 11) is 0. The number of nitrogens with zero attached hydrogens (tertiary/aromatic N) is 1. The van der Waals surface area contributed by atoms with Gasteiger partial charge in [0, 0.05) is 11.8 Å². The molecule has 2 N–H and O–H groups in total. The fraction of sp³-hybridized carbons (Fsp3) is 0. The average Bonchev–Trinajstić information content (AvgIpc) is 2.38. The number of halogens is 1. The first kappa shape index (κ1) is 12.7. The van der Waals surface area contributed by atoms with Gasteiger partial charge in [0.2, 0.25) is 0 Å². The molecular weight excluding hydrogens is 253 g/mol. The van der Waals surface area contributed by atoms with Gasteiger partial charge in [-0.05, 0) is 23.8 Å². The number of carbonyl (C=O) groups is 2. The van der Waals surface area contributed by atoms with E-state index in [0.717, 1.165) is 12.1 Å². The molecule has 0 saturated heterocycles. The number of rotatable bonds is 3. The summed E-state index contributed by atoms with van der Waals surface area (Å²) in [5.41, 5.74) is 0.387. The molecule has 0 fully saturated rings. The quantitative estimate of drug-likeness (QED) is 0.884. The number of aromatic carboxylic acids is 2. The molecule has 0 atom stereocenters. The van der Waals surface area contributed by atoms with Crippen molar-refractivity contribution in [3.05, 3.63) is 53.6 Å². The van der Waals surface area contributed by atoms with Crippen molar-refractivity contribution in [2.75, 3.05) is 0 Å². The Hall–Kier alpha value is -2.76. The van der Waals surface area contributed by atoms with Crippen molar-refractivity contribution in [2.45, 2.75) is 0 Å². The van der Waals surface area contributed by atoms with E-state index >= 15 is 0 Å². The molecule has 5 nitrogen and oxygen atoms in total. The molecule has 0 unspecified atom stereocenters. The molecule has 1 aromatic heterocycles. The Morgan fingerprint density at radius 1 is 1.00 bits per heavy atom. The Morgan fingerprint density at radius 2 is 1.68 bits per heavy atom. The zero-order valence-electron chi connectivity index (χ0n) is 9.50. The summed E-state index contributed by atoms with van der Waals surface area (Å²) in [5.74, 6) is -3.35. The van der Waals surface area contributed by atoms with Crippen molar-refractivity contribution in [1.29, 1.82) is 0 Å². The molecule has 0 aliphatic carbocycles. The molecule has 0 aliphatic rings. The van der Waals surface area contributed by atoms with Gasteiger partial charge < -0.3 is 10.2 Å². The molecule has 0 aliphatic heterocycles. The Labute approximate surface area is 107 Å². The molecule has 0 spiro atoms. The van der Waals surface area contributed by atoms with Crippen LogP contribution in [-0.4, -0.2) is 27.1 Å². The van der Waals surface area contributed by atoms with Crippen molar-refractivity contribution in [2.24, 2.45) is 0 Å². The van der Waals surface area contributed by atoms with Crippen LogP contribution in [0.1, 0.15) is 20.8 Å². The summed E-state index contributed by atoms with van der Waals surface area (Å²) in [4.78, 5) is 25.0. The van der Waals surface area contributed by atoms with Crippen LogP contribution in [0, 0.1) is 5.82 Å². The van der Waals surface area contributed by atoms with Crippen molar-refractivity contribution in [3.8, 4) is 11.1 Å². The molecule has 0 radical (unpaired) electrons. The van der Waals surface area contributed by atoms with Gasteiger partial charge in [-0.15, -0.1) is 0 Å². The van der Waals surface area contributed by atoms with Gasteiger partial charge in [-0.1, -0.05) is 12.1 Å². The third-order valence-electron chi connectivity index (χ3n) is 2.52. The van der Waals surface area contributed by atoms with E-state index < -0.39 is 23.3 Å². The van der Waals surface area contributed by atoms with E-state index in [0.29, 0.717) is 11.1 Å². The standard InChI is InChI=1S/C13H8FNO4/c14-10-5-7(1-3-9(10)12(16)17)8-2-4-11(13(18)19)15-6-8/h1-6H,(H,16,17)(H,18,19). The maximum absolute atomic E-state index is 13.5. The summed E-state index contributed by atoms with van der Waals surface area (Å²) in [6.07, 6.45) is 1.29. The molecule has 6 heteroatoms. The summed E-state index contributed by atoms with van der Waals surface area (Å²) in [6, 6.07) is 6.43. The SMILES string of the molecule is O=C(O)c1ccc(-c2ccc(C(=O)O)c(F)c2)cn1. The Bertz CT molecular complexity index is 652. The van der Waals surface area contributed by atoms with Gasteiger partial charge in [-0.3, -0.25) is 0 Å². The first-order valence-electron chi connectivity index (χ1n) is 5.21. The molecule has 2 aromatic rings. The number of pyridine rings is 1. The minimum atomic E-state index is -1.34. The van der Waals surface area contributed by atoms with Gasteiger partial charge in [-0.25, -0.2) is 19.0 Å². The number of hydrogen-bond acceptors (Lipinski definition) is 3. The molecule has 1 heterocycles. The van der Waals surface area contributed by atoms with E-state index in [-0.39, 0.29) is 5.69 Å². The van der Waals surface area contributed by atoms with Crippen LogP contribution in [0.25, 0.3) is 11.1 Å². The van der Waals surface area contributed by atoms with Crippen LogP contribution in [0.3, 0.4) is 0 Å². The number of aromatic nitrogens is 1. The van der Waals surface area contributed by atoms with E-state index in [1.54, 1.807) is 0 Å². The normalized spacial score (nSPS) is 10.2. The summed E-state index contributed by atoms with van der Waals surface area (Å²) >= 11 is 0. The summed E-state index contributed by atoms with van der Waals surface area (Å²) in [5, 5.41) is 17.4. The Kier molecular flexibility index (Phi) is 3.24. The number of benzene rings is 1. The van der Waals surface area contributed by atoms with Gasteiger partial charge in [0.05, 0.1) is 5.56 Å². The second kappa shape index (κ2) is 4.85. The van der Waals surface area contributed by atoms with Gasteiger partial charge in [-0.2, -0.15) is 0 Å². The fourth-order valence-corrected chi connectivity index (χ4v) is 1.56. The molecule has 0 bridgehead atoms. The summed E-state index contributed by atoms with van der Waals surface area (Å²) < 4.78 is 13.5. The number of carboxylic acids is 2. The van der Waals surface area contributed by atoms with E-state index in [9.17, 15) is 14.0 Å². The van der Waals surface area contributed by atoms with Crippen molar-refractivity contribution in [3.63, 3.8) is 0 Å². The van der Waals surface area contributed by atoms with Crippen LogP contribution in [0.2, 0.25) is 0 Å². The number of carboxylic acid groups (broad SMARTS) is 2. The monoisotopic (exact) mass is 261 g/mol. The van der Waals surface area contributed by atoms with E-state index in [2.05, 4.69) is 4.98 Å². The minimum Gasteiger partial charge on any atom is -0.478 e. The maximum atomic E-state index is 13.5. The van der Waals surface area contributed by atoms with Crippen molar-refractivity contribution < 1.29 is 24.2 Å². The zero-order chi connectivity index (χ0) is 14.0. The van der Waals surface area contributed by atoms with Gasteiger partial charge in [0.15, 0.2) is 0 Å². The molecule has 2 rings (SSSR count). The molecular formula is C13H8FNO4. The van der Waals surface area contributed by atoms with Crippen LogP contribution >= 0.6 is 0 Å². The molecule has 96 valence electrons. The smallest absolute Gasteiger partial charge is 0.354 e. The predicted molar refractivity (Wildman–Crippen MR) is 63.5 cm³/mol. The highest BCUT2D eigenvalue weighted by molar-refractivity contribution is 5.89. The third kappa shape index (κ3) is 2.57. The van der Waals surface area contributed by atoms with E-state index in [1.165, 1.54) is 24.4 Å². The molecule has 1 aromatic carbocycles. The van der Waals surface area contributed by atoms with Crippen LogP contribution in [0.5, 0.6) is 0 Å². The zero-order valence-corrected chi connectivity index (χ0v) is 9.50. The lowest BCUT2D eigenvalue weighted by Gasteiger charge is -2.04. The van der Waals surface area contributed by atoms with Crippen molar-refractivity contribution >= 4 is 11.9 Å². The third-order valence-corrected chi connectivity index (χ3v) is 2.52. The molecule has 0 saturated carbocycles. The Balaban J connectivity index is 2.39. The average molecular weight is 261 g/mol. The van der Waals surface area contributed by atoms with Crippen LogP contribution in [0.15, 0.2) is 36.5 Å². The lowest BCUT2D eigenvalue weighted by atomic mass is 10.0. The van der Waals surface area contributed by atoms with Gasteiger partial charge in [0.25, 0.3) is 0 Å². The van der Waals surface area contributed by atoms with Crippen LogP contribution in [0.4, 0.5) is 4.39 Å². The second-order valence-corrected chi connectivity index (χ2v) is 3.74. The highest BCUT2D eigenvalue weighted by Gasteiger charge is 2.11. The molecule has 0 amide bonds. The number of hydrogen-bond donors (Lipinski definition) is 2. The van der Waals surface area contributed by atoms with Gasteiger partial charge >= 0.3 is 11.9 Å².